The van der Waals surface area contributed by atoms with E-state index < -0.39 is 0 Å². The molecule has 2 amide bonds. The van der Waals surface area contributed by atoms with E-state index in [2.05, 4.69) is 23.8 Å². The number of thiophene rings is 1. The van der Waals surface area contributed by atoms with Crippen molar-refractivity contribution in [2.45, 2.75) is 38.6 Å². The third kappa shape index (κ3) is 6.07. The molecule has 1 aromatic heterocycles. The van der Waals surface area contributed by atoms with Crippen LogP contribution in [0, 0.1) is 0 Å². The van der Waals surface area contributed by atoms with Crippen molar-refractivity contribution in [2.75, 3.05) is 59.4 Å². The van der Waals surface area contributed by atoms with E-state index in [0.717, 1.165) is 62.2 Å². The van der Waals surface area contributed by atoms with Crippen LogP contribution >= 0.6 is 22.9 Å². The van der Waals surface area contributed by atoms with E-state index in [-0.39, 0.29) is 18.4 Å². The first-order valence-electron chi connectivity index (χ1n) is 12.1. The third-order valence-electron chi connectivity index (χ3n) is 6.96. The van der Waals surface area contributed by atoms with Crippen molar-refractivity contribution in [2.24, 2.45) is 0 Å². The van der Waals surface area contributed by atoms with Crippen LogP contribution in [0.15, 0.2) is 24.3 Å². The first-order valence-corrected chi connectivity index (χ1v) is 13.3. The molecule has 33 heavy (non-hydrogen) atoms. The second-order valence-corrected chi connectivity index (χ2v) is 10.8. The topological polar surface area (TPSA) is 47.1 Å². The van der Waals surface area contributed by atoms with Gasteiger partial charge in [-0.3, -0.25) is 14.5 Å². The number of likely N-dealkylation sites (tertiary alicyclic amines) is 1. The lowest BCUT2D eigenvalue weighted by Gasteiger charge is -2.42. The highest BCUT2D eigenvalue weighted by molar-refractivity contribution is 7.20. The first kappa shape index (κ1) is 24.5. The third-order valence-corrected chi connectivity index (χ3v) is 8.28. The molecule has 0 bridgehead atoms. The summed E-state index contributed by atoms with van der Waals surface area (Å²) in [5, 5.41) is 1.68. The van der Waals surface area contributed by atoms with Crippen molar-refractivity contribution in [3.63, 3.8) is 0 Å². The Morgan fingerprint density at radius 2 is 1.82 bits per heavy atom. The maximum Gasteiger partial charge on any atom is 0.264 e. The van der Waals surface area contributed by atoms with E-state index >= 15 is 0 Å². The summed E-state index contributed by atoms with van der Waals surface area (Å²) < 4.78 is 0.998. The van der Waals surface area contributed by atoms with Gasteiger partial charge in [-0.15, -0.1) is 11.3 Å². The zero-order valence-electron chi connectivity index (χ0n) is 19.8. The lowest BCUT2D eigenvalue weighted by atomic mass is 10.0. The average molecular weight is 491 g/mol. The van der Waals surface area contributed by atoms with Gasteiger partial charge in [-0.25, -0.2) is 0 Å². The molecule has 180 valence electrons. The number of piperazine rings is 1. The second kappa shape index (κ2) is 11.2. The number of benzene rings is 1. The molecule has 2 aliphatic rings. The largest absolute Gasteiger partial charge is 0.339 e. The molecule has 4 rings (SSSR count). The molecule has 0 N–H and O–H groups in total. The molecule has 2 aromatic rings. The summed E-state index contributed by atoms with van der Waals surface area (Å²) in [5.74, 6) is 0.00530. The van der Waals surface area contributed by atoms with Gasteiger partial charge in [0.1, 0.15) is 6.54 Å². The summed E-state index contributed by atoms with van der Waals surface area (Å²) in [6.07, 6.45) is 4.29. The smallest absolute Gasteiger partial charge is 0.264 e. The zero-order chi connectivity index (χ0) is 23.4. The Labute approximate surface area is 206 Å². The fourth-order valence-corrected chi connectivity index (χ4v) is 6.13. The molecule has 6 nitrogen and oxygen atoms in total. The highest BCUT2D eigenvalue weighted by atomic mass is 35.5. The Hall–Kier alpha value is -1.67. The molecule has 0 spiro atoms. The lowest BCUT2D eigenvalue weighted by molar-refractivity contribution is -0.134. The van der Waals surface area contributed by atoms with Gasteiger partial charge in [-0.1, -0.05) is 31.0 Å². The quantitative estimate of drug-likeness (QED) is 0.587. The molecule has 0 atom stereocenters. The fourth-order valence-electron chi connectivity index (χ4n) is 4.83. The molecule has 0 unspecified atom stereocenters. The van der Waals surface area contributed by atoms with Crippen molar-refractivity contribution in [3.05, 3.63) is 34.2 Å². The number of carbonyl (C=O) groups excluding carboxylic acids is 2. The minimum absolute atomic E-state index is 0.0564. The maximum absolute atomic E-state index is 13.3. The van der Waals surface area contributed by atoms with Gasteiger partial charge in [0.25, 0.3) is 5.91 Å². The molecule has 0 aliphatic carbocycles. The zero-order valence-corrected chi connectivity index (χ0v) is 21.3. The van der Waals surface area contributed by atoms with Crippen LogP contribution in [0.5, 0.6) is 0 Å². The summed E-state index contributed by atoms with van der Waals surface area (Å²) in [6.45, 7) is 8.54. The summed E-state index contributed by atoms with van der Waals surface area (Å²) >= 11 is 7.56. The van der Waals surface area contributed by atoms with E-state index in [0.29, 0.717) is 22.5 Å². The molecular formula is C25H35ClN4O2S. The highest BCUT2D eigenvalue weighted by Crippen LogP contribution is 2.29. The lowest BCUT2D eigenvalue weighted by Crippen LogP contribution is -2.55. The molecule has 2 saturated heterocycles. The van der Waals surface area contributed by atoms with Crippen molar-refractivity contribution in [1.82, 2.24) is 19.6 Å². The van der Waals surface area contributed by atoms with Crippen LogP contribution in [0.4, 0.5) is 0 Å². The van der Waals surface area contributed by atoms with E-state index in [1.54, 1.807) is 4.90 Å². The number of carbonyl (C=O) groups is 2. The Morgan fingerprint density at radius 3 is 2.52 bits per heavy atom. The van der Waals surface area contributed by atoms with Gasteiger partial charge in [-0.05, 0) is 63.0 Å². The van der Waals surface area contributed by atoms with Crippen LogP contribution < -0.4 is 0 Å². The number of hydrogen-bond donors (Lipinski definition) is 0. The molecule has 2 fully saturated rings. The van der Waals surface area contributed by atoms with Crippen molar-refractivity contribution in [1.29, 1.82) is 0 Å². The van der Waals surface area contributed by atoms with Crippen LogP contribution in [-0.2, 0) is 4.79 Å². The molecule has 2 aliphatic heterocycles. The van der Waals surface area contributed by atoms with E-state index in [1.807, 2.05) is 29.2 Å². The predicted molar refractivity (Wildman–Crippen MR) is 136 cm³/mol. The van der Waals surface area contributed by atoms with Gasteiger partial charge in [0, 0.05) is 48.5 Å². The molecule has 3 heterocycles. The number of fused-ring (bicyclic) bond motifs is 1. The van der Waals surface area contributed by atoms with Gasteiger partial charge < -0.3 is 14.7 Å². The van der Waals surface area contributed by atoms with Gasteiger partial charge >= 0.3 is 0 Å². The SMILES string of the molecule is CCCCN(CC(=O)N1CCN(C2CCN(C)CC2)CC1)C(=O)c1cc2ccc(Cl)cc2s1. The minimum Gasteiger partial charge on any atom is -0.339 e. The summed E-state index contributed by atoms with van der Waals surface area (Å²) in [6, 6.07) is 8.24. The summed E-state index contributed by atoms with van der Waals surface area (Å²) in [5.41, 5.74) is 0. The monoisotopic (exact) mass is 490 g/mol. The average Bonchev–Trinajstić information content (AvgIpc) is 3.25. The Balaban J connectivity index is 1.36. The maximum atomic E-state index is 13.3. The van der Waals surface area contributed by atoms with E-state index in [1.165, 1.54) is 24.2 Å². The summed E-state index contributed by atoms with van der Waals surface area (Å²) in [7, 11) is 2.19. The van der Waals surface area contributed by atoms with Crippen LogP contribution in [0.1, 0.15) is 42.3 Å². The number of nitrogens with zero attached hydrogens (tertiary/aromatic N) is 4. The van der Waals surface area contributed by atoms with E-state index in [9.17, 15) is 9.59 Å². The molecule has 0 radical (unpaired) electrons. The highest BCUT2D eigenvalue weighted by Gasteiger charge is 2.29. The van der Waals surface area contributed by atoms with Crippen LogP contribution in [0.25, 0.3) is 10.1 Å². The van der Waals surface area contributed by atoms with Gasteiger partial charge in [0.15, 0.2) is 0 Å². The molecule has 1 aromatic carbocycles. The molecular weight excluding hydrogens is 456 g/mol. The number of rotatable bonds is 7. The first-order chi connectivity index (χ1) is 15.9. The number of piperidine rings is 1. The van der Waals surface area contributed by atoms with Gasteiger partial charge in [-0.2, -0.15) is 0 Å². The number of unbranched alkanes of at least 4 members (excludes halogenated alkanes) is 1. The van der Waals surface area contributed by atoms with Crippen molar-refractivity contribution >= 4 is 44.8 Å². The summed E-state index contributed by atoms with van der Waals surface area (Å²) in [4.78, 5) is 35.8. The molecule has 8 heteroatoms. The van der Waals surface area contributed by atoms with Crippen LogP contribution in [0.3, 0.4) is 0 Å². The standard InChI is InChI=1S/C25H35ClN4O2S/c1-3-4-9-30(25(32)23-16-19-5-6-20(26)17-22(19)33-23)18-24(31)29-14-12-28(13-15-29)21-7-10-27(2)11-8-21/h5-6,16-17,21H,3-4,7-15,18H2,1-2H3. The Morgan fingerprint density at radius 1 is 1.09 bits per heavy atom. The number of halogens is 1. The second-order valence-electron chi connectivity index (χ2n) is 9.32. The fraction of sp³-hybridized carbons (Fsp3) is 0.600. The van der Waals surface area contributed by atoms with Crippen LogP contribution in [0.2, 0.25) is 5.02 Å². The predicted octanol–water partition coefficient (Wildman–Crippen LogP) is 4.04. The van der Waals surface area contributed by atoms with Gasteiger partial charge in [0.05, 0.1) is 4.88 Å². The van der Waals surface area contributed by atoms with Gasteiger partial charge in [0.2, 0.25) is 5.91 Å². The Kier molecular flexibility index (Phi) is 8.28. The van der Waals surface area contributed by atoms with Crippen molar-refractivity contribution in [3.8, 4) is 0 Å². The number of amides is 2. The van der Waals surface area contributed by atoms with Crippen LogP contribution in [-0.4, -0.2) is 96.9 Å². The Bertz CT molecular complexity index is 964. The van der Waals surface area contributed by atoms with E-state index in [4.69, 9.17) is 11.6 Å². The van der Waals surface area contributed by atoms with Crippen molar-refractivity contribution < 1.29 is 9.59 Å². The molecule has 0 saturated carbocycles. The normalized spacial score (nSPS) is 18.7. The number of hydrogen-bond acceptors (Lipinski definition) is 5. The minimum atomic E-state index is -0.0564.